The number of anilines is 1. The monoisotopic (exact) mass is 597 g/mol. The van der Waals surface area contributed by atoms with Crippen molar-refractivity contribution >= 4 is 17.7 Å². The number of fused-ring (bicyclic) bond motifs is 2. The molecule has 44 heavy (non-hydrogen) atoms. The van der Waals surface area contributed by atoms with Crippen molar-refractivity contribution in [3.8, 4) is 11.3 Å². The summed E-state index contributed by atoms with van der Waals surface area (Å²) in [5.74, 6) is 1.17. The summed E-state index contributed by atoms with van der Waals surface area (Å²) in [5.41, 5.74) is 7.14. The van der Waals surface area contributed by atoms with Crippen LogP contribution in [0.4, 0.5) is 5.69 Å². The first-order valence-electron chi connectivity index (χ1n) is 16.5. The fourth-order valence-electron chi connectivity index (χ4n) is 6.22. The Morgan fingerprint density at radius 2 is 1.80 bits per heavy atom. The number of benzene rings is 2. The first-order chi connectivity index (χ1) is 20.9. The highest BCUT2D eigenvalue weighted by Crippen LogP contribution is 2.48. The van der Waals surface area contributed by atoms with Crippen LogP contribution in [-0.4, -0.2) is 30.7 Å². The van der Waals surface area contributed by atoms with Crippen LogP contribution in [0, 0.1) is 6.92 Å². The van der Waals surface area contributed by atoms with E-state index in [0.717, 1.165) is 55.1 Å². The quantitative estimate of drug-likeness (QED) is 0.167. The second kappa shape index (κ2) is 14.0. The number of allylic oxidation sites excluding steroid dienone is 3. The van der Waals surface area contributed by atoms with E-state index in [9.17, 15) is 4.79 Å². The van der Waals surface area contributed by atoms with Gasteiger partial charge in [0, 0.05) is 53.2 Å². The van der Waals surface area contributed by atoms with E-state index in [1.807, 2.05) is 0 Å². The molecular weight excluding hydrogens is 544 g/mol. The van der Waals surface area contributed by atoms with Crippen molar-refractivity contribution in [2.75, 3.05) is 24.5 Å². The van der Waals surface area contributed by atoms with Crippen LogP contribution >= 0.6 is 0 Å². The zero-order valence-electron chi connectivity index (χ0n) is 28.3. The van der Waals surface area contributed by atoms with Gasteiger partial charge in [-0.15, -0.1) is 0 Å². The van der Waals surface area contributed by atoms with Gasteiger partial charge in [-0.2, -0.15) is 0 Å². The van der Waals surface area contributed by atoms with Gasteiger partial charge in [-0.05, 0) is 62.1 Å². The van der Waals surface area contributed by atoms with Gasteiger partial charge >= 0.3 is 5.97 Å². The van der Waals surface area contributed by atoms with Crippen LogP contribution in [0.15, 0.2) is 64.7 Å². The van der Waals surface area contributed by atoms with Crippen LogP contribution in [-0.2, 0) is 15.6 Å². The number of hydrogen-bond acceptors (Lipinski definition) is 3. The fourth-order valence-corrected chi connectivity index (χ4v) is 6.22. The van der Waals surface area contributed by atoms with Gasteiger partial charge in [0.05, 0.1) is 6.07 Å². The van der Waals surface area contributed by atoms with Crippen molar-refractivity contribution in [1.29, 1.82) is 0 Å². The minimum atomic E-state index is -0.717. The third kappa shape index (κ3) is 7.54. The molecule has 4 rings (SSSR count). The van der Waals surface area contributed by atoms with Crippen LogP contribution in [0.1, 0.15) is 109 Å². The molecule has 0 saturated carbocycles. The summed E-state index contributed by atoms with van der Waals surface area (Å²) in [6.07, 6.45) is 11.8. The van der Waals surface area contributed by atoms with E-state index in [-0.39, 0.29) is 17.3 Å². The normalized spacial score (nSPS) is 16.3. The number of aryl methyl sites for hydroxylation is 1. The summed E-state index contributed by atoms with van der Waals surface area (Å²) in [6.45, 7) is 20.7. The Hall–Kier alpha value is -3.60. The molecule has 236 valence electrons. The Morgan fingerprint density at radius 1 is 1.02 bits per heavy atom. The minimum absolute atomic E-state index is 0.123. The molecule has 0 unspecified atom stereocenters. The molecule has 0 saturated heterocycles. The van der Waals surface area contributed by atoms with Crippen LogP contribution in [0.2, 0.25) is 0 Å². The molecule has 1 aliphatic carbocycles. The van der Waals surface area contributed by atoms with E-state index in [1.54, 1.807) is 0 Å². The minimum Gasteiger partial charge on any atom is -0.481 e. The maximum Gasteiger partial charge on any atom is 0.303 e. The van der Waals surface area contributed by atoms with E-state index >= 15 is 0 Å². The van der Waals surface area contributed by atoms with Gasteiger partial charge in [-0.25, -0.2) is 4.58 Å². The maximum atomic E-state index is 11.0. The SMILES string of the molecule is CCCC[N+](CC)=c1ccc2c(/C=C/C=C3/N(CCCCCC(=O)O)c4ccc(C)cc4C3(C)C)cc(C(C)(C)C)oc-2c1. The van der Waals surface area contributed by atoms with Crippen molar-refractivity contribution < 1.29 is 14.3 Å². The zero-order valence-corrected chi connectivity index (χ0v) is 28.3. The molecule has 0 amide bonds. The van der Waals surface area contributed by atoms with Gasteiger partial charge in [0.25, 0.3) is 0 Å². The number of nitrogens with zero attached hydrogens (tertiary/aromatic N) is 2. The molecule has 0 radical (unpaired) electrons. The predicted molar refractivity (Wildman–Crippen MR) is 184 cm³/mol. The molecule has 0 fully saturated rings. The Balaban J connectivity index is 1.74. The lowest BCUT2D eigenvalue weighted by Crippen LogP contribution is -2.30. The zero-order chi connectivity index (χ0) is 32.1. The Kier molecular flexibility index (Phi) is 10.6. The molecular formula is C39H53N2O3+. The van der Waals surface area contributed by atoms with Crippen molar-refractivity contribution in [2.45, 2.75) is 105 Å². The van der Waals surface area contributed by atoms with Crippen LogP contribution in [0.5, 0.6) is 0 Å². The number of aliphatic carboxylic acids is 1. The average molecular weight is 598 g/mol. The molecule has 0 aromatic heterocycles. The number of hydrogen-bond donors (Lipinski definition) is 1. The molecule has 1 aromatic rings. The highest BCUT2D eigenvalue weighted by atomic mass is 16.4. The van der Waals surface area contributed by atoms with Crippen molar-refractivity contribution in [2.24, 2.45) is 0 Å². The van der Waals surface area contributed by atoms with Crippen molar-refractivity contribution in [1.82, 2.24) is 4.58 Å². The maximum absolute atomic E-state index is 11.0. The van der Waals surface area contributed by atoms with E-state index in [4.69, 9.17) is 9.52 Å². The van der Waals surface area contributed by atoms with Crippen molar-refractivity contribution in [3.05, 3.63) is 88.1 Å². The summed E-state index contributed by atoms with van der Waals surface area (Å²) in [5, 5.41) is 10.3. The van der Waals surface area contributed by atoms with E-state index in [0.29, 0.717) is 6.42 Å². The smallest absolute Gasteiger partial charge is 0.303 e. The second-order valence-corrected chi connectivity index (χ2v) is 13.8. The van der Waals surface area contributed by atoms with E-state index in [2.05, 4.69) is 126 Å². The summed E-state index contributed by atoms with van der Waals surface area (Å²) in [7, 11) is 0. The molecule has 2 heterocycles. The lowest BCUT2D eigenvalue weighted by atomic mass is 9.83. The molecule has 2 aliphatic heterocycles. The van der Waals surface area contributed by atoms with Gasteiger partial charge in [0.1, 0.15) is 24.6 Å². The summed E-state index contributed by atoms with van der Waals surface area (Å²) < 4.78 is 8.98. The number of rotatable bonds is 12. The molecule has 0 bridgehead atoms. The summed E-state index contributed by atoms with van der Waals surface area (Å²) >= 11 is 0. The Morgan fingerprint density at radius 3 is 2.48 bits per heavy atom. The molecule has 5 heteroatoms. The number of carboxylic acids is 1. The second-order valence-electron chi connectivity index (χ2n) is 13.8. The lowest BCUT2D eigenvalue weighted by Gasteiger charge is -2.27. The fraction of sp³-hybridized carbons (Fsp3) is 0.487. The topological polar surface area (TPSA) is 56.7 Å². The number of unbranched alkanes of at least 4 members (excludes halogenated alkanes) is 3. The third-order valence-corrected chi connectivity index (χ3v) is 8.90. The van der Waals surface area contributed by atoms with E-state index < -0.39 is 5.97 Å². The number of carbonyl (C=O) groups is 1. The van der Waals surface area contributed by atoms with Gasteiger partial charge in [0.2, 0.25) is 5.36 Å². The lowest BCUT2D eigenvalue weighted by molar-refractivity contribution is -0.137. The number of carboxylic acid groups (broad SMARTS) is 1. The first kappa shape index (κ1) is 33.3. The standard InChI is InChI=1S/C39H52N2O3/c1-9-11-23-40(10-2)30-20-21-31-29(26-36(38(4,5)6)44-34(31)27-30)16-15-17-35-39(7,8)32-25-28(3)19-22-33(32)41(35)24-14-12-13-18-37(42)43/h15-17,19-22,25-27H,9-14,18,23-24H2,1-8H3/p+1. The largest absolute Gasteiger partial charge is 0.481 e. The van der Waals surface area contributed by atoms with Gasteiger partial charge in [-0.3, -0.25) is 4.79 Å². The predicted octanol–water partition coefficient (Wildman–Crippen LogP) is 8.92. The molecule has 1 aromatic carbocycles. The first-order valence-corrected chi connectivity index (χ1v) is 16.5. The third-order valence-electron chi connectivity index (χ3n) is 8.90. The summed E-state index contributed by atoms with van der Waals surface area (Å²) in [4.78, 5) is 13.5. The Bertz CT molecular complexity index is 1560. The van der Waals surface area contributed by atoms with Gasteiger partial charge < -0.3 is 14.4 Å². The highest BCUT2D eigenvalue weighted by Gasteiger charge is 2.39. The highest BCUT2D eigenvalue weighted by molar-refractivity contribution is 5.75. The molecule has 5 nitrogen and oxygen atoms in total. The molecule has 1 N–H and O–H groups in total. The van der Waals surface area contributed by atoms with Crippen LogP contribution < -0.4 is 14.8 Å². The van der Waals surface area contributed by atoms with Crippen LogP contribution in [0.3, 0.4) is 0 Å². The summed E-state index contributed by atoms with van der Waals surface area (Å²) in [6, 6.07) is 15.6. The Labute approximate surface area is 265 Å². The van der Waals surface area contributed by atoms with E-state index in [1.165, 1.54) is 40.7 Å². The van der Waals surface area contributed by atoms with Crippen LogP contribution in [0.25, 0.3) is 17.4 Å². The van der Waals surface area contributed by atoms with Gasteiger partial charge in [-0.1, -0.05) is 84.2 Å². The van der Waals surface area contributed by atoms with Crippen molar-refractivity contribution in [3.63, 3.8) is 0 Å². The molecule has 3 aliphatic rings. The molecule has 0 spiro atoms. The average Bonchev–Trinajstić information content (AvgIpc) is 3.17. The molecule has 0 atom stereocenters. The van der Waals surface area contributed by atoms with Gasteiger partial charge in [0.15, 0.2) is 0 Å².